The van der Waals surface area contributed by atoms with Crippen molar-refractivity contribution in [2.24, 2.45) is 5.41 Å². The Hall–Kier alpha value is -1.06. The lowest BCUT2D eigenvalue weighted by molar-refractivity contribution is 0.0737. The molecule has 118 valence electrons. The maximum absolute atomic E-state index is 9.77. The first-order chi connectivity index (χ1) is 9.67. The molecule has 1 aromatic carbocycles. The molecule has 0 saturated carbocycles. The van der Waals surface area contributed by atoms with Gasteiger partial charge in [0, 0.05) is 13.1 Å². The van der Waals surface area contributed by atoms with Crippen molar-refractivity contribution in [3.8, 4) is 5.75 Å². The first-order valence-electron chi connectivity index (χ1n) is 7.83. The van der Waals surface area contributed by atoms with E-state index in [0.29, 0.717) is 18.5 Å². The fourth-order valence-corrected chi connectivity index (χ4v) is 3.35. The molecule has 1 aromatic rings. The number of aliphatic hydroxyl groups is 1. The summed E-state index contributed by atoms with van der Waals surface area (Å²) >= 11 is 0. The summed E-state index contributed by atoms with van der Waals surface area (Å²) in [6.45, 7) is 12.7. The second-order valence-electron chi connectivity index (χ2n) is 8.03. The van der Waals surface area contributed by atoms with E-state index in [4.69, 9.17) is 4.74 Å². The molecule has 0 aromatic heterocycles. The van der Waals surface area contributed by atoms with Crippen LogP contribution in [0.25, 0.3) is 0 Å². The third kappa shape index (κ3) is 4.45. The van der Waals surface area contributed by atoms with Crippen molar-refractivity contribution in [2.45, 2.75) is 58.7 Å². The molecular formula is C18H29NO2. The van der Waals surface area contributed by atoms with Crippen LogP contribution >= 0.6 is 0 Å². The monoisotopic (exact) mass is 291 g/mol. The highest BCUT2D eigenvalue weighted by Crippen LogP contribution is 2.36. The van der Waals surface area contributed by atoms with Crippen molar-refractivity contribution in [3.63, 3.8) is 0 Å². The van der Waals surface area contributed by atoms with Gasteiger partial charge in [-0.15, -0.1) is 0 Å². The molecule has 0 spiro atoms. The Morgan fingerprint density at radius 1 is 1.10 bits per heavy atom. The Morgan fingerprint density at radius 3 is 2.19 bits per heavy atom. The van der Waals surface area contributed by atoms with Gasteiger partial charge in [-0.1, -0.05) is 46.8 Å². The fraction of sp³-hybridized carbons (Fsp3) is 0.667. The van der Waals surface area contributed by atoms with E-state index in [1.54, 1.807) is 0 Å². The van der Waals surface area contributed by atoms with Gasteiger partial charge in [-0.05, 0) is 34.9 Å². The van der Waals surface area contributed by atoms with E-state index in [1.807, 2.05) is 12.1 Å². The molecule has 1 aliphatic heterocycles. The number of rotatable bonds is 4. The molecule has 1 saturated heterocycles. The summed E-state index contributed by atoms with van der Waals surface area (Å²) in [5, 5.41) is 12.9. The van der Waals surface area contributed by atoms with Crippen molar-refractivity contribution in [3.05, 3.63) is 29.8 Å². The molecule has 1 heterocycles. The van der Waals surface area contributed by atoms with Crippen LogP contribution in [0.4, 0.5) is 0 Å². The predicted molar refractivity (Wildman–Crippen MR) is 86.8 cm³/mol. The molecule has 0 radical (unpaired) electrons. The van der Waals surface area contributed by atoms with E-state index in [2.05, 4.69) is 52.1 Å². The normalized spacial score (nSPS) is 23.3. The molecule has 0 aliphatic carbocycles. The third-order valence-corrected chi connectivity index (χ3v) is 4.02. The first-order valence-corrected chi connectivity index (χ1v) is 7.83. The highest BCUT2D eigenvalue weighted by Gasteiger charge is 2.28. The zero-order valence-corrected chi connectivity index (χ0v) is 13.9. The summed E-state index contributed by atoms with van der Waals surface area (Å²) < 4.78 is 5.84. The van der Waals surface area contributed by atoms with Crippen molar-refractivity contribution in [1.29, 1.82) is 0 Å². The average molecular weight is 291 g/mol. The lowest BCUT2D eigenvalue weighted by atomic mass is 9.72. The number of β-amino-alcohol motifs (C(OH)–C–C–N with tert-alkyl or cyclic N) is 1. The third-order valence-electron chi connectivity index (χ3n) is 4.02. The quantitative estimate of drug-likeness (QED) is 0.895. The Labute approximate surface area is 128 Å². The molecular weight excluding hydrogens is 262 g/mol. The molecule has 1 aliphatic rings. The van der Waals surface area contributed by atoms with Gasteiger partial charge in [-0.3, -0.25) is 0 Å². The van der Waals surface area contributed by atoms with Crippen LogP contribution in [-0.4, -0.2) is 30.4 Å². The zero-order valence-electron chi connectivity index (χ0n) is 13.9. The van der Waals surface area contributed by atoms with Crippen molar-refractivity contribution in [1.82, 2.24) is 5.32 Å². The number of hydrogen-bond donors (Lipinski definition) is 2. The molecule has 3 heteroatoms. The molecule has 3 nitrogen and oxygen atoms in total. The van der Waals surface area contributed by atoms with Crippen molar-refractivity contribution < 1.29 is 9.84 Å². The molecule has 2 atom stereocenters. The fourth-order valence-electron chi connectivity index (χ4n) is 3.35. The van der Waals surface area contributed by atoms with E-state index in [0.717, 1.165) is 12.2 Å². The van der Waals surface area contributed by atoms with Crippen molar-refractivity contribution >= 4 is 0 Å². The summed E-state index contributed by atoms with van der Waals surface area (Å²) in [4.78, 5) is 0. The molecule has 21 heavy (non-hydrogen) atoms. The van der Waals surface area contributed by atoms with Crippen LogP contribution in [0, 0.1) is 5.41 Å². The maximum Gasteiger partial charge on any atom is 0.138 e. The second kappa shape index (κ2) is 5.98. The Kier molecular flexibility index (Phi) is 4.64. The van der Waals surface area contributed by atoms with Crippen LogP contribution in [-0.2, 0) is 5.41 Å². The SMILES string of the molecule is CC(C)(C)CC(C)(C)c1ccc(OC2CNCC2O)cc1. The standard InChI is InChI=1S/C18H29NO2/c1-17(2,3)12-18(4,5)13-6-8-14(9-7-13)21-16-11-19-10-15(16)20/h6-9,15-16,19-20H,10-12H2,1-5H3. The minimum absolute atomic E-state index is 0.140. The first kappa shape index (κ1) is 16.3. The van der Waals surface area contributed by atoms with Crippen LogP contribution in [0.2, 0.25) is 0 Å². The van der Waals surface area contributed by atoms with Crippen LogP contribution in [0.1, 0.15) is 46.6 Å². The predicted octanol–water partition coefficient (Wildman–Crippen LogP) is 3.11. The second-order valence-corrected chi connectivity index (χ2v) is 8.03. The lowest BCUT2D eigenvalue weighted by Gasteiger charge is -2.33. The van der Waals surface area contributed by atoms with Gasteiger partial charge in [0.1, 0.15) is 18.0 Å². The van der Waals surface area contributed by atoms with Crippen LogP contribution in [0.3, 0.4) is 0 Å². The highest BCUT2D eigenvalue weighted by atomic mass is 16.5. The Morgan fingerprint density at radius 2 is 1.71 bits per heavy atom. The van der Waals surface area contributed by atoms with E-state index >= 15 is 0 Å². The molecule has 0 amide bonds. The minimum Gasteiger partial charge on any atom is -0.486 e. The summed E-state index contributed by atoms with van der Waals surface area (Å²) in [5.41, 5.74) is 1.78. The lowest BCUT2D eigenvalue weighted by Crippen LogP contribution is -2.30. The number of ether oxygens (including phenoxy) is 1. The van der Waals surface area contributed by atoms with Crippen LogP contribution in [0.5, 0.6) is 5.75 Å². The molecule has 0 bridgehead atoms. The summed E-state index contributed by atoms with van der Waals surface area (Å²) in [6.07, 6.45) is 0.575. The maximum atomic E-state index is 9.77. The molecule has 2 unspecified atom stereocenters. The molecule has 2 N–H and O–H groups in total. The summed E-state index contributed by atoms with van der Waals surface area (Å²) in [5.74, 6) is 0.832. The number of nitrogens with one attached hydrogen (secondary N) is 1. The summed E-state index contributed by atoms with van der Waals surface area (Å²) in [6, 6.07) is 8.33. The summed E-state index contributed by atoms with van der Waals surface area (Å²) in [7, 11) is 0. The van der Waals surface area contributed by atoms with Gasteiger partial charge in [-0.2, -0.15) is 0 Å². The number of hydrogen-bond acceptors (Lipinski definition) is 3. The van der Waals surface area contributed by atoms with Gasteiger partial charge in [0.25, 0.3) is 0 Å². The van der Waals surface area contributed by atoms with E-state index in [1.165, 1.54) is 5.56 Å². The average Bonchev–Trinajstić information content (AvgIpc) is 2.73. The topological polar surface area (TPSA) is 41.5 Å². The van der Waals surface area contributed by atoms with E-state index in [9.17, 15) is 5.11 Å². The number of aliphatic hydroxyl groups excluding tert-OH is 1. The van der Waals surface area contributed by atoms with Crippen LogP contribution < -0.4 is 10.1 Å². The van der Waals surface area contributed by atoms with Gasteiger partial charge < -0.3 is 15.2 Å². The Balaban J connectivity index is 2.04. The van der Waals surface area contributed by atoms with Crippen LogP contribution in [0.15, 0.2) is 24.3 Å². The van der Waals surface area contributed by atoms with Gasteiger partial charge in [0.05, 0.1) is 0 Å². The minimum atomic E-state index is -0.415. The van der Waals surface area contributed by atoms with E-state index < -0.39 is 6.10 Å². The van der Waals surface area contributed by atoms with E-state index in [-0.39, 0.29) is 11.5 Å². The van der Waals surface area contributed by atoms with Gasteiger partial charge in [0.15, 0.2) is 0 Å². The van der Waals surface area contributed by atoms with Gasteiger partial charge >= 0.3 is 0 Å². The molecule has 1 fully saturated rings. The Bertz CT molecular complexity index is 459. The smallest absolute Gasteiger partial charge is 0.138 e. The van der Waals surface area contributed by atoms with Gasteiger partial charge in [0.2, 0.25) is 0 Å². The van der Waals surface area contributed by atoms with Gasteiger partial charge in [-0.25, -0.2) is 0 Å². The zero-order chi connectivity index (χ0) is 15.7. The molecule has 2 rings (SSSR count). The number of benzene rings is 1. The largest absolute Gasteiger partial charge is 0.486 e. The van der Waals surface area contributed by atoms with Crippen molar-refractivity contribution in [2.75, 3.05) is 13.1 Å². The highest BCUT2D eigenvalue weighted by molar-refractivity contribution is 5.32.